The normalized spacial score (nSPS) is 17.0. The summed E-state index contributed by atoms with van der Waals surface area (Å²) in [6.07, 6.45) is 4.75. The van der Waals surface area contributed by atoms with E-state index in [1.165, 1.54) is 16.9 Å². The van der Waals surface area contributed by atoms with Crippen LogP contribution in [0.15, 0.2) is 24.3 Å². The SMILES string of the molecule is Cc1ccc(NC2(C(=O)NCCN(C)S(C)(=O)=O)CCCC2)cc1. The maximum atomic E-state index is 12.7. The molecule has 24 heavy (non-hydrogen) atoms. The zero-order valence-corrected chi connectivity index (χ0v) is 15.4. The van der Waals surface area contributed by atoms with Crippen LogP contribution in [0.4, 0.5) is 5.69 Å². The Morgan fingerprint density at radius 1 is 1.21 bits per heavy atom. The van der Waals surface area contributed by atoms with Gasteiger partial charge in [-0.3, -0.25) is 4.79 Å². The number of aryl methyl sites for hydroxylation is 1. The van der Waals surface area contributed by atoms with Crippen molar-refractivity contribution < 1.29 is 13.2 Å². The standard InChI is InChI=1S/C17H27N3O3S/c1-14-6-8-15(9-7-14)19-17(10-4-5-11-17)16(21)18-12-13-20(2)24(3,22)23/h6-9,19H,4-5,10-13H2,1-3H3,(H,18,21). The summed E-state index contributed by atoms with van der Waals surface area (Å²) in [5.41, 5.74) is 1.51. The molecule has 2 N–H and O–H groups in total. The molecule has 0 heterocycles. The first-order chi connectivity index (χ1) is 11.2. The van der Waals surface area contributed by atoms with E-state index in [9.17, 15) is 13.2 Å². The summed E-state index contributed by atoms with van der Waals surface area (Å²) in [5.74, 6) is -0.0533. The molecule has 7 heteroatoms. The van der Waals surface area contributed by atoms with E-state index in [1.807, 2.05) is 31.2 Å². The van der Waals surface area contributed by atoms with Gasteiger partial charge >= 0.3 is 0 Å². The summed E-state index contributed by atoms with van der Waals surface area (Å²) in [5, 5.41) is 6.30. The fourth-order valence-electron chi connectivity index (χ4n) is 2.96. The largest absolute Gasteiger partial charge is 0.371 e. The second-order valence-corrected chi connectivity index (χ2v) is 8.71. The molecule has 6 nitrogen and oxygen atoms in total. The highest BCUT2D eigenvalue weighted by molar-refractivity contribution is 7.88. The Morgan fingerprint density at radius 2 is 1.79 bits per heavy atom. The monoisotopic (exact) mass is 353 g/mol. The summed E-state index contributed by atoms with van der Waals surface area (Å²) in [7, 11) is -1.71. The number of likely N-dealkylation sites (N-methyl/N-ethyl adjacent to an activating group) is 1. The van der Waals surface area contributed by atoms with Gasteiger partial charge in [0, 0.05) is 25.8 Å². The van der Waals surface area contributed by atoms with Gasteiger partial charge in [-0.15, -0.1) is 0 Å². The van der Waals surface area contributed by atoms with Crippen LogP contribution < -0.4 is 10.6 Å². The predicted molar refractivity (Wildman–Crippen MR) is 96.5 cm³/mol. The van der Waals surface area contributed by atoms with E-state index >= 15 is 0 Å². The molecule has 1 saturated carbocycles. The van der Waals surface area contributed by atoms with Crippen LogP contribution >= 0.6 is 0 Å². The third kappa shape index (κ3) is 4.70. The first kappa shape index (κ1) is 18.7. The number of benzene rings is 1. The molecule has 2 rings (SSSR count). The third-order valence-corrected chi connectivity index (χ3v) is 5.92. The van der Waals surface area contributed by atoms with Crippen LogP contribution in [-0.2, 0) is 14.8 Å². The molecule has 1 fully saturated rings. The first-order valence-corrected chi connectivity index (χ1v) is 10.1. The van der Waals surface area contributed by atoms with Crippen molar-refractivity contribution >= 4 is 21.6 Å². The van der Waals surface area contributed by atoms with Gasteiger partial charge in [0.25, 0.3) is 0 Å². The molecule has 0 radical (unpaired) electrons. The lowest BCUT2D eigenvalue weighted by Crippen LogP contribution is -2.52. The van der Waals surface area contributed by atoms with Crippen molar-refractivity contribution in [3.8, 4) is 0 Å². The van der Waals surface area contributed by atoms with Gasteiger partial charge in [-0.25, -0.2) is 12.7 Å². The number of nitrogens with zero attached hydrogens (tertiary/aromatic N) is 1. The van der Waals surface area contributed by atoms with E-state index in [4.69, 9.17) is 0 Å². The zero-order valence-electron chi connectivity index (χ0n) is 14.6. The Bertz CT molecular complexity index is 665. The molecule has 0 aliphatic heterocycles. The lowest BCUT2D eigenvalue weighted by atomic mass is 9.95. The van der Waals surface area contributed by atoms with Crippen molar-refractivity contribution in [1.29, 1.82) is 0 Å². The summed E-state index contributed by atoms with van der Waals surface area (Å²) in [6, 6.07) is 8.01. The predicted octanol–water partition coefficient (Wildman–Crippen LogP) is 1.73. The topological polar surface area (TPSA) is 78.5 Å². The second kappa shape index (κ2) is 7.53. The van der Waals surface area contributed by atoms with Crippen LogP contribution in [0.3, 0.4) is 0 Å². The van der Waals surface area contributed by atoms with Crippen molar-refractivity contribution in [3.05, 3.63) is 29.8 Å². The molecule has 0 atom stereocenters. The summed E-state index contributed by atoms with van der Waals surface area (Å²) < 4.78 is 24.0. The number of sulfonamides is 1. The maximum absolute atomic E-state index is 12.7. The molecular weight excluding hydrogens is 326 g/mol. The first-order valence-electron chi connectivity index (χ1n) is 8.27. The Balaban J connectivity index is 1.98. The highest BCUT2D eigenvalue weighted by Crippen LogP contribution is 2.33. The van der Waals surface area contributed by atoms with E-state index in [0.29, 0.717) is 6.54 Å². The minimum Gasteiger partial charge on any atom is -0.371 e. The van der Waals surface area contributed by atoms with Gasteiger partial charge in [0.2, 0.25) is 15.9 Å². The molecule has 134 valence electrons. The lowest BCUT2D eigenvalue weighted by molar-refractivity contribution is -0.125. The van der Waals surface area contributed by atoms with Gasteiger partial charge in [0.05, 0.1) is 6.26 Å². The number of carbonyl (C=O) groups is 1. The number of hydrogen-bond donors (Lipinski definition) is 2. The zero-order chi connectivity index (χ0) is 17.8. The molecule has 1 aromatic carbocycles. The van der Waals surface area contributed by atoms with E-state index in [0.717, 1.165) is 37.6 Å². The minimum atomic E-state index is -3.22. The molecule has 0 spiro atoms. The third-order valence-electron chi connectivity index (χ3n) is 4.61. The highest BCUT2D eigenvalue weighted by Gasteiger charge is 2.40. The van der Waals surface area contributed by atoms with E-state index < -0.39 is 15.6 Å². The summed E-state index contributed by atoms with van der Waals surface area (Å²) >= 11 is 0. The fourth-order valence-corrected chi connectivity index (χ4v) is 3.39. The highest BCUT2D eigenvalue weighted by atomic mass is 32.2. The van der Waals surface area contributed by atoms with Gasteiger partial charge in [-0.1, -0.05) is 30.5 Å². The number of rotatable bonds is 7. The van der Waals surface area contributed by atoms with Gasteiger partial charge in [-0.05, 0) is 31.9 Å². The number of carbonyl (C=O) groups excluding carboxylic acids is 1. The Hall–Kier alpha value is -1.60. The molecule has 0 bridgehead atoms. The van der Waals surface area contributed by atoms with Crippen molar-refractivity contribution in [3.63, 3.8) is 0 Å². The van der Waals surface area contributed by atoms with Gasteiger partial charge in [-0.2, -0.15) is 0 Å². The Labute approximate surface area is 144 Å². The molecular formula is C17H27N3O3S. The summed E-state index contributed by atoms with van der Waals surface area (Å²) in [4.78, 5) is 12.7. The van der Waals surface area contributed by atoms with Crippen molar-refractivity contribution in [2.24, 2.45) is 0 Å². The molecule has 1 aliphatic carbocycles. The van der Waals surface area contributed by atoms with Crippen molar-refractivity contribution in [1.82, 2.24) is 9.62 Å². The van der Waals surface area contributed by atoms with Gasteiger partial charge < -0.3 is 10.6 Å². The molecule has 1 amide bonds. The quantitative estimate of drug-likeness (QED) is 0.782. The van der Waals surface area contributed by atoms with Crippen LogP contribution in [-0.4, -0.2) is 50.6 Å². The minimum absolute atomic E-state index is 0.0533. The molecule has 1 aromatic rings. The lowest BCUT2D eigenvalue weighted by Gasteiger charge is -2.30. The van der Waals surface area contributed by atoms with Crippen LogP contribution in [0.1, 0.15) is 31.2 Å². The number of hydrogen-bond acceptors (Lipinski definition) is 4. The van der Waals surface area contributed by atoms with Crippen molar-refractivity contribution in [2.45, 2.75) is 38.1 Å². The van der Waals surface area contributed by atoms with Crippen LogP contribution in [0, 0.1) is 6.92 Å². The van der Waals surface area contributed by atoms with Crippen LogP contribution in [0.25, 0.3) is 0 Å². The van der Waals surface area contributed by atoms with E-state index in [1.54, 1.807) is 0 Å². The average molecular weight is 353 g/mol. The van der Waals surface area contributed by atoms with Crippen molar-refractivity contribution in [2.75, 3.05) is 31.7 Å². The van der Waals surface area contributed by atoms with E-state index in [-0.39, 0.29) is 12.5 Å². The number of nitrogens with one attached hydrogen (secondary N) is 2. The smallest absolute Gasteiger partial charge is 0.245 e. The molecule has 0 saturated heterocycles. The molecule has 1 aliphatic rings. The number of amides is 1. The fraction of sp³-hybridized carbons (Fsp3) is 0.588. The Morgan fingerprint density at radius 3 is 2.33 bits per heavy atom. The maximum Gasteiger partial charge on any atom is 0.245 e. The Kier molecular flexibility index (Phi) is 5.87. The molecule has 0 unspecified atom stereocenters. The second-order valence-electron chi connectivity index (χ2n) is 6.62. The van der Waals surface area contributed by atoms with Gasteiger partial charge in [0.1, 0.15) is 5.54 Å². The average Bonchev–Trinajstić information content (AvgIpc) is 2.98. The summed E-state index contributed by atoms with van der Waals surface area (Å²) in [6.45, 7) is 2.60. The van der Waals surface area contributed by atoms with Crippen LogP contribution in [0.2, 0.25) is 0 Å². The molecule has 0 aromatic heterocycles. The number of anilines is 1. The van der Waals surface area contributed by atoms with Crippen LogP contribution in [0.5, 0.6) is 0 Å². The van der Waals surface area contributed by atoms with E-state index in [2.05, 4.69) is 10.6 Å². The van der Waals surface area contributed by atoms with Gasteiger partial charge in [0.15, 0.2) is 0 Å².